The average Bonchev–Trinajstić information content (AvgIpc) is 3.18. The second-order valence-electron chi connectivity index (χ2n) is 6.32. The highest BCUT2D eigenvalue weighted by Gasteiger charge is 2.45. The molecule has 0 unspecified atom stereocenters. The van der Waals surface area contributed by atoms with Crippen LogP contribution in [-0.4, -0.2) is 41.9 Å². The molecule has 0 spiro atoms. The Kier molecular flexibility index (Phi) is 7.08. The highest BCUT2D eigenvalue weighted by molar-refractivity contribution is 9.11. The molecule has 0 saturated heterocycles. The lowest BCUT2D eigenvalue weighted by molar-refractivity contribution is -0.140. The number of ether oxygens (including phenoxy) is 2. The summed E-state index contributed by atoms with van der Waals surface area (Å²) in [5.74, 6) is -6.26. The van der Waals surface area contributed by atoms with Gasteiger partial charge in [-0.05, 0) is 56.1 Å². The summed E-state index contributed by atoms with van der Waals surface area (Å²) in [5, 5.41) is 2.39. The minimum absolute atomic E-state index is 0.0587. The molecular formula is C19H13Br2F4N3O4. The van der Waals surface area contributed by atoms with Crippen LogP contribution in [0.15, 0.2) is 39.3 Å². The van der Waals surface area contributed by atoms with Crippen molar-refractivity contribution in [2.75, 3.05) is 13.7 Å². The van der Waals surface area contributed by atoms with Gasteiger partial charge < -0.3 is 19.8 Å². The lowest BCUT2D eigenvalue weighted by atomic mass is 10.2. The first kappa shape index (κ1) is 24.0. The van der Waals surface area contributed by atoms with Crippen LogP contribution in [-0.2, 0) is 15.5 Å². The summed E-state index contributed by atoms with van der Waals surface area (Å²) >= 11 is 6.57. The first-order valence-corrected chi connectivity index (χ1v) is 10.3. The van der Waals surface area contributed by atoms with Crippen LogP contribution in [0.25, 0.3) is 11.0 Å². The maximum Gasteiger partial charge on any atom is 0.363 e. The Morgan fingerprint density at radius 3 is 2.44 bits per heavy atom. The van der Waals surface area contributed by atoms with E-state index in [4.69, 9.17) is 4.74 Å². The summed E-state index contributed by atoms with van der Waals surface area (Å²) in [6, 6.07) is 6.97. The molecular weight excluding hydrogens is 570 g/mol. The number of hydrogen-bond donors (Lipinski definition) is 2. The molecule has 0 atom stereocenters. The van der Waals surface area contributed by atoms with Gasteiger partial charge in [0, 0.05) is 11.6 Å². The van der Waals surface area contributed by atoms with Gasteiger partial charge in [-0.2, -0.15) is 8.78 Å². The number of nitrogens with one attached hydrogen (secondary N) is 2. The number of H-pyrrole nitrogens is 1. The van der Waals surface area contributed by atoms with Gasteiger partial charge in [-0.15, -0.1) is 0 Å². The number of rotatable bonds is 7. The van der Waals surface area contributed by atoms with Crippen LogP contribution in [0.1, 0.15) is 16.2 Å². The molecule has 1 amide bonds. The number of hydrogen-bond acceptors (Lipinski definition) is 5. The number of aromatic nitrogens is 2. The van der Waals surface area contributed by atoms with Crippen molar-refractivity contribution in [3.05, 3.63) is 50.7 Å². The van der Waals surface area contributed by atoms with Gasteiger partial charge in [0.25, 0.3) is 5.91 Å². The van der Waals surface area contributed by atoms with E-state index in [0.29, 0.717) is 8.95 Å². The molecule has 3 aromatic rings. The van der Waals surface area contributed by atoms with Crippen molar-refractivity contribution in [2.24, 2.45) is 0 Å². The maximum atomic E-state index is 13.5. The molecule has 0 aliphatic carbocycles. The number of benzene rings is 2. The standard InChI is InChI=1S/C19H13Br2F4N3O4/c1-31-14(29)7-26-16(30)8-4-10(20)15(11(21)5-8)32-9-2-3-12-13(6-9)28-18(27-12)19(24,25)17(22)23/h2-6,17H,7H2,1H3,(H,26,30)(H,27,28). The van der Waals surface area contributed by atoms with E-state index in [9.17, 15) is 27.2 Å². The molecule has 1 aromatic heterocycles. The van der Waals surface area contributed by atoms with Crippen molar-refractivity contribution in [3.63, 3.8) is 0 Å². The third kappa shape index (κ3) is 5.04. The first-order valence-electron chi connectivity index (χ1n) is 8.71. The Morgan fingerprint density at radius 1 is 1.19 bits per heavy atom. The normalized spacial score (nSPS) is 11.6. The van der Waals surface area contributed by atoms with Gasteiger partial charge >= 0.3 is 18.3 Å². The van der Waals surface area contributed by atoms with Crippen LogP contribution in [0.2, 0.25) is 0 Å². The molecule has 0 bridgehead atoms. The Labute approximate surface area is 194 Å². The number of esters is 1. The summed E-state index contributed by atoms with van der Waals surface area (Å²) in [7, 11) is 1.19. The largest absolute Gasteiger partial charge is 0.468 e. The topological polar surface area (TPSA) is 93.3 Å². The summed E-state index contributed by atoms with van der Waals surface area (Å²) in [4.78, 5) is 29.1. The van der Waals surface area contributed by atoms with Crippen molar-refractivity contribution in [1.82, 2.24) is 15.3 Å². The van der Waals surface area contributed by atoms with E-state index in [1.807, 2.05) is 0 Å². The number of fused-ring (bicyclic) bond motifs is 1. The second kappa shape index (κ2) is 9.45. The summed E-state index contributed by atoms with van der Waals surface area (Å²) in [6.45, 7) is -0.306. The molecule has 170 valence electrons. The molecule has 13 heteroatoms. The molecule has 2 aromatic carbocycles. The predicted molar refractivity (Wildman–Crippen MR) is 112 cm³/mol. The number of halogens is 6. The highest BCUT2D eigenvalue weighted by atomic mass is 79.9. The number of nitrogens with zero attached hydrogens (tertiary/aromatic N) is 1. The Morgan fingerprint density at radius 2 is 1.84 bits per heavy atom. The first-order chi connectivity index (χ1) is 15.0. The minimum atomic E-state index is -4.42. The van der Waals surface area contributed by atoms with Crippen molar-refractivity contribution in [1.29, 1.82) is 0 Å². The van der Waals surface area contributed by atoms with E-state index in [1.165, 1.54) is 37.4 Å². The third-order valence-corrected chi connectivity index (χ3v) is 5.32. The molecule has 7 nitrogen and oxygen atoms in total. The summed E-state index contributed by atoms with van der Waals surface area (Å²) in [5.41, 5.74) is 0.343. The van der Waals surface area contributed by atoms with Gasteiger partial charge in [-0.25, -0.2) is 13.8 Å². The number of carbonyl (C=O) groups excluding carboxylic acids is 2. The Balaban J connectivity index is 1.83. The Hall–Kier alpha value is -2.67. The molecule has 1 heterocycles. The van der Waals surface area contributed by atoms with Crippen LogP contribution in [0.3, 0.4) is 0 Å². The van der Waals surface area contributed by atoms with Crippen molar-refractivity contribution < 1.29 is 36.6 Å². The zero-order valence-corrected chi connectivity index (χ0v) is 19.2. The average molecular weight is 583 g/mol. The molecule has 3 rings (SSSR count). The molecule has 0 radical (unpaired) electrons. The molecule has 0 aliphatic heterocycles. The summed E-state index contributed by atoms with van der Waals surface area (Å²) in [6.07, 6.45) is -3.91. The molecule has 0 fully saturated rings. The third-order valence-electron chi connectivity index (χ3n) is 4.14. The van der Waals surface area contributed by atoms with E-state index in [-0.39, 0.29) is 34.6 Å². The zero-order chi connectivity index (χ0) is 23.6. The quantitative estimate of drug-likeness (QED) is 0.297. The van der Waals surface area contributed by atoms with Crippen LogP contribution in [0.4, 0.5) is 17.6 Å². The smallest absolute Gasteiger partial charge is 0.363 e. The van der Waals surface area contributed by atoms with Crippen LogP contribution in [0.5, 0.6) is 11.5 Å². The number of imidazole rings is 1. The van der Waals surface area contributed by atoms with Gasteiger partial charge in [-0.1, -0.05) is 0 Å². The van der Waals surface area contributed by atoms with E-state index in [2.05, 4.69) is 51.9 Å². The number of methoxy groups -OCH3 is 1. The van der Waals surface area contributed by atoms with Crippen molar-refractivity contribution in [3.8, 4) is 11.5 Å². The van der Waals surface area contributed by atoms with E-state index in [0.717, 1.165) is 0 Å². The Bertz CT molecular complexity index is 1160. The van der Waals surface area contributed by atoms with E-state index < -0.39 is 30.0 Å². The number of aromatic amines is 1. The molecule has 32 heavy (non-hydrogen) atoms. The van der Waals surface area contributed by atoms with Crippen molar-refractivity contribution >= 4 is 54.8 Å². The van der Waals surface area contributed by atoms with Crippen LogP contribution >= 0.6 is 31.9 Å². The lowest BCUT2D eigenvalue weighted by Crippen LogP contribution is -2.30. The van der Waals surface area contributed by atoms with Gasteiger partial charge in [0.05, 0.1) is 27.1 Å². The monoisotopic (exact) mass is 581 g/mol. The highest BCUT2D eigenvalue weighted by Crippen LogP contribution is 2.39. The van der Waals surface area contributed by atoms with Crippen LogP contribution in [0, 0.1) is 0 Å². The van der Waals surface area contributed by atoms with E-state index in [1.54, 1.807) is 0 Å². The van der Waals surface area contributed by atoms with Crippen LogP contribution < -0.4 is 10.1 Å². The molecule has 0 aliphatic rings. The fourth-order valence-corrected chi connectivity index (χ4v) is 3.89. The van der Waals surface area contributed by atoms with Gasteiger partial charge in [0.1, 0.15) is 12.3 Å². The predicted octanol–water partition coefficient (Wildman–Crippen LogP) is 5.14. The van der Waals surface area contributed by atoms with Gasteiger partial charge in [0.15, 0.2) is 11.6 Å². The zero-order valence-electron chi connectivity index (χ0n) is 16.0. The number of amides is 1. The fraction of sp³-hybridized carbons (Fsp3) is 0.211. The molecule has 0 saturated carbocycles. The maximum absolute atomic E-state index is 13.5. The lowest BCUT2D eigenvalue weighted by Gasteiger charge is -2.12. The second-order valence-corrected chi connectivity index (χ2v) is 8.03. The molecule has 2 N–H and O–H groups in total. The van der Waals surface area contributed by atoms with Gasteiger partial charge in [-0.3, -0.25) is 9.59 Å². The van der Waals surface area contributed by atoms with Crippen molar-refractivity contribution in [2.45, 2.75) is 12.3 Å². The van der Waals surface area contributed by atoms with Gasteiger partial charge in [0.2, 0.25) is 0 Å². The minimum Gasteiger partial charge on any atom is -0.468 e. The number of carbonyl (C=O) groups is 2. The van der Waals surface area contributed by atoms with E-state index >= 15 is 0 Å². The number of alkyl halides is 4. The fourth-order valence-electron chi connectivity index (χ4n) is 2.55. The SMILES string of the molecule is COC(=O)CNC(=O)c1cc(Br)c(Oc2ccc3nc(C(F)(F)C(F)F)[nH]c3c2)c(Br)c1. The summed E-state index contributed by atoms with van der Waals surface area (Å²) < 4.78 is 63.2.